The zero-order valence-corrected chi connectivity index (χ0v) is 10.9. The molecule has 0 fully saturated rings. The molecule has 0 radical (unpaired) electrons. The molecule has 0 aliphatic carbocycles. The van der Waals surface area contributed by atoms with Gasteiger partial charge in [0.25, 0.3) is 5.56 Å². The van der Waals surface area contributed by atoms with Crippen LogP contribution in [0.2, 0.25) is 0 Å². The number of benzene rings is 1. The normalized spacial score (nSPS) is 11.5. The molecule has 0 saturated heterocycles. The summed E-state index contributed by atoms with van der Waals surface area (Å²) in [6.07, 6.45) is 0. The van der Waals surface area contributed by atoms with Gasteiger partial charge in [-0.2, -0.15) is 0 Å². The number of nitrogens with one attached hydrogen (secondary N) is 2. The van der Waals surface area contributed by atoms with Gasteiger partial charge in [0, 0.05) is 6.07 Å². The van der Waals surface area contributed by atoms with Crippen molar-refractivity contribution in [2.24, 2.45) is 0 Å². The molecular weight excluding hydrogens is 228 g/mol. The third kappa shape index (κ3) is 3.03. The number of H-pyrrole nitrogens is 2. The van der Waals surface area contributed by atoms with Gasteiger partial charge in [0.1, 0.15) is 12.4 Å². The maximum Gasteiger partial charge on any atom is 0.264 e. The van der Waals surface area contributed by atoms with Gasteiger partial charge in [-0.15, -0.1) is 0 Å². The van der Waals surface area contributed by atoms with E-state index in [4.69, 9.17) is 4.74 Å². The molecule has 0 bridgehead atoms. The zero-order valence-electron chi connectivity index (χ0n) is 10.9. The van der Waals surface area contributed by atoms with E-state index in [1.165, 1.54) is 11.6 Å². The molecule has 96 valence electrons. The second-order valence-electron chi connectivity index (χ2n) is 5.35. The highest BCUT2D eigenvalue weighted by Crippen LogP contribution is 2.25. The lowest BCUT2D eigenvalue weighted by molar-refractivity contribution is 0.300. The molecule has 2 aromatic rings. The number of hydrogen-bond acceptors (Lipinski definition) is 2. The van der Waals surface area contributed by atoms with E-state index < -0.39 is 0 Å². The Labute approximate surface area is 106 Å². The van der Waals surface area contributed by atoms with E-state index in [0.29, 0.717) is 6.61 Å². The summed E-state index contributed by atoms with van der Waals surface area (Å²) in [5, 5.41) is 5.24. The fourth-order valence-electron chi connectivity index (χ4n) is 1.66. The van der Waals surface area contributed by atoms with Crippen molar-refractivity contribution in [3.05, 3.63) is 51.9 Å². The van der Waals surface area contributed by atoms with Crippen LogP contribution >= 0.6 is 0 Å². The third-order valence-electron chi connectivity index (χ3n) is 2.75. The minimum Gasteiger partial charge on any atom is -0.487 e. The van der Waals surface area contributed by atoms with Crippen LogP contribution < -0.4 is 10.3 Å². The highest BCUT2D eigenvalue weighted by atomic mass is 16.5. The lowest BCUT2D eigenvalue weighted by Gasteiger charge is -2.19. The molecule has 1 aromatic carbocycles. The summed E-state index contributed by atoms with van der Waals surface area (Å²) in [5.41, 5.74) is 1.92. The van der Waals surface area contributed by atoms with Crippen LogP contribution in [0.1, 0.15) is 32.0 Å². The average Bonchev–Trinajstić information content (AvgIpc) is 2.72. The van der Waals surface area contributed by atoms with Crippen molar-refractivity contribution in [1.82, 2.24) is 10.2 Å². The summed E-state index contributed by atoms with van der Waals surface area (Å²) in [5.74, 6) is 0.810. The predicted octanol–water partition coefficient (Wildman–Crippen LogP) is 2.58. The maximum atomic E-state index is 10.9. The van der Waals surface area contributed by atoms with Gasteiger partial charge in [-0.1, -0.05) is 32.9 Å². The first-order chi connectivity index (χ1) is 8.45. The van der Waals surface area contributed by atoms with Crippen molar-refractivity contribution in [2.45, 2.75) is 32.8 Å². The third-order valence-corrected chi connectivity index (χ3v) is 2.75. The molecule has 4 nitrogen and oxygen atoms in total. The average molecular weight is 246 g/mol. The summed E-state index contributed by atoms with van der Waals surface area (Å²) < 4.78 is 5.65. The van der Waals surface area contributed by atoms with Crippen molar-refractivity contribution < 1.29 is 4.74 Å². The molecule has 1 aromatic heterocycles. The summed E-state index contributed by atoms with van der Waals surface area (Å²) >= 11 is 0. The second kappa shape index (κ2) is 4.72. The molecular formula is C14H18N2O2. The first kappa shape index (κ1) is 12.5. The maximum absolute atomic E-state index is 10.9. The molecule has 0 unspecified atom stereocenters. The first-order valence-corrected chi connectivity index (χ1v) is 5.95. The monoisotopic (exact) mass is 246 g/mol. The molecule has 4 heteroatoms. The van der Waals surface area contributed by atoms with Crippen LogP contribution in [-0.2, 0) is 12.0 Å². The molecule has 0 amide bonds. The Morgan fingerprint density at radius 2 is 1.94 bits per heavy atom. The molecule has 0 spiro atoms. The Balaban J connectivity index is 2.08. The molecule has 0 saturated carbocycles. The predicted molar refractivity (Wildman–Crippen MR) is 70.9 cm³/mol. The van der Waals surface area contributed by atoms with E-state index in [-0.39, 0.29) is 11.0 Å². The number of hydrogen-bond donors (Lipinski definition) is 2. The fourth-order valence-corrected chi connectivity index (χ4v) is 1.66. The van der Waals surface area contributed by atoms with Gasteiger partial charge in [0.05, 0.1) is 5.69 Å². The molecule has 0 aliphatic rings. The van der Waals surface area contributed by atoms with Crippen molar-refractivity contribution in [1.29, 1.82) is 0 Å². The van der Waals surface area contributed by atoms with Crippen LogP contribution in [0.3, 0.4) is 0 Å². The summed E-state index contributed by atoms with van der Waals surface area (Å²) in [6.45, 7) is 6.84. The highest BCUT2D eigenvalue weighted by Gasteiger charge is 2.13. The SMILES string of the molecule is CC(C)(C)c1cccc(OCc2cc(=O)[nH][nH]2)c1. The summed E-state index contributed by atoms with van der Waals surface area (Å²) in [6, 6.07) is 9.51. The smallest absolute Gasteiger partial charge is 0.264 e. The highest BCUT2D eigenvalue weighted by molar-refractivity contribution is 5.32. The molecule has 18 heavy (non-hydrogen) atoms. The molecule has 0 aliphatic heterocycles. The van der Waals surface area contributed by atoms with Gasteiger partial charge < -0.3 is 4.74 Å². The minimum atomic E-state index is -0.142. The molecule has 1 heterocycles. The van der Waals surface area contributed by atoms with Crippen LogP contribution in [0.4, 0.5) is 0 Å². The van der Waals surface area contributed by atoms with Gasteiger partial charge >= 0.3 is 0 Å². The number of aromatic nitrogens is 2. The van der Waals surface area contributed by atoms with Gasteiger partial charge in [-0.05, 0) is 23.1 Å². The number of aromatic amines is 2. The van der Waals surface area contributed by atoms with Crippen LogP contribution in [0.5, 0.6) is 5.75 Å². The number of ether oxygens (including phenoxy) is 1. The van der Waals surface area contributed by atoms with E-state index in [1.807, 2.05) is 18.2 Å². The Kier molecular flexibility index (Phi) is 3.28. The van der Waals surface area contributed by atoms with E-state index >= 15 is 0 Å². The van der Waals surface area contributed by atoms with E-state index in [2.05, 4.69) is 37.0 Å². The van der Waals surface area contributed by atoms with E-state index in [0.717, 1.165) is 11.4 Å². The lowest BCUT2D eigenvalue weighted by atomic mass is 9.87. The van der Waals surface area contributed by atoms with Gasteiger partial charge in [0.2, 0.25) is 0 Å². The Morgan fingerprint density at radius 3 is 2.56 bits per heavy atom. The second-order valence-corrected chi connectivity index (χ2v) is 5.35. The Morgan fingerprint density at radius 1 is 1.17 bits per heavy atom. The van der Waals surface area contributed by atoms with Gasteiger partial charge in [-0.3, -0.25) is 15.0 Å². The summed E-state index contributed by atoms with van der Waals surface area (Å²) in [4.78, 5) is 10.9. The Bertz CT molecular complexity index is 576. The minimum absolute atomic E-state index is 0.0990. The van der Waals surface area contributed by atoms with Crippen molar-refractivity contribution in [3.8, 4) is 5.75 Å². The van der Waals surface area contributed by atoms with Crippen LogP contribution in [-0.4, -0.2) is 10.2 Å². The fraction of sp³-hybridized carbons (Fsp3) is 0.357. The van der Waals surface area contributed by atoms with Gasteiger partial charge in [-0.25, -0.2) is 0 Å². The standard InChI is InChI=1S/C14H18N2O2/c1-14(2,3)10-5-4-6-12(7-10)18-9-11-8-13(17)16-15-11/h4-8H,9H2,1-3H3,(H2,15,16,17). The van der Waals surface area contributed by atoms with Crippen molar-refractivity contribution in [3.63, 3.8) is 0 Å². The van der Waals surface area contributed by atoms with Crippen molar-refractivity contribution >= 4 is 0 Å². The Hall–Kier alpha value is -1.97. The lowest BCUT2D eigenvalue weighted by Crippen LogP contribution is -2.11. The quantitative estimate of drug-likeness (QED) is 0.874. The molecule has 2 rings (SSSR count). The van der Waals surface area contributed by atoms with Crippen molar-refractivity contribution in [2.75, 3.05) is 0 Å². The first-order valence-electron chi connectivity index (χ1n) is 5.95. The largest absolute Gasteiger partial charge is 0.487 e. The molecule has 2 N–H and O–H groups in total. The van der Waals surface area contributed by atoms with E-state index in [9.17, 15) is 4.79 Å². The van der Waals surface area contributed by atoms with Crippen LogP contribution in [0.25, 0.3) is 0 Å². The topological polar surface area (TPSA) is 57.9 Å². The summed E-state index contributed by atoms with van der Waals surface area (Å²) in [7, 11) is 0. The van der Waals surface area contributed by atoms with E-state index in [1.54, 1.807) is 0 Å². The molecule has 0 atom stereocenters. The van der Waals surface area contributed by atoms with Gasteiger partial charge in [0.15, 0.2) is 0 Å². The zero-order chi connectivity index (χ0) is 13.2. The van der Waals surface area contributed by atoms with Crippen LogP contribution in [0, 0.1) is 0 Å². The number of rotatable bonds is 3. The van der Waals surface area contributed by atoms with Crippen LogP contribution in [0.15, 0.2) is 35.1 Å².